The molecule has 0 saturated carbocycles. The van der Waals surface area contributed by atoms with Crippen LogP contribution in [0.15, 0.2) is 50.4 Å². The standard InChI is InChI=1S/C21H18Cl2N4O2S/c1-3-11(4-2)20-26-27-18(24)14(19(28)25-21(27)30-20)10-13-6-8-17(29-13)12-5-7-15(22)16(23)9-12/h5-11,24H,3-4H2,1-2H3. The van der Waals surface area contributed by atoms with Crippen LogP contribution in [0, 0.1) is 11.3 Å². The van der Waals surface area contributed by atoms with Gasteiger partial charge >= 0.3 is 0 Å². The van der Waals surface area contributed by atoms with Gasteiger partial charge in [0.05, 0.1) is 15.6 Å². The molecule has 2 aliphatic rings. The number of nitrogens with zero attached hydrogens (tertiary/aromatic N) is 3. The Morgan fingerprint density at radius 3 is 2.67 bits per heavy atom. The van der Waals surface area contributed by atoms with E-state index >= 15 is 0 Å². The number of aliphatic imine (C=N–C) groups is 1. The summed E-state index contributed by atoms with van der Waals surface area (Å²) >= 11 is 13.4. The number of hydrazone groups is 1. The van der Waals surface area contributed by atoms with Gasteiger partial charge in [0, 0.05) is 11.5 Å². The van der Waals surface area contributed by atoms with Gasteiger partial charge < -0.3 is 4.42 Å². The maximum absolute atomic E-state index is 12.6. The molecular weight excluding hydrogens is 443 g/mol. The minimum atomic E-state index is -0.479. The van der Waals surface area contributed by atoms with Gasteiger partial charge in [-0.05, 0) is 61.0 Å². The van der Waals surface area contributed by atoms with Gasteiger partial charge in [-0.2, -0.15) is 15.1 Å². The lowest BCUT2D eigenvalue weighted by Gasteiger charge is -2.19. The summed E-state index contributed by atoms with van der Waals surface area (Å²) in [4.78, 5) is 16.7. The maximum atomic E-state index is 12.6. The first-order chi connectivity index (χ1) is 14.4. The molecule has 0 saturated heterocycles. The molecule has 1 aromatic carbocycles. The van der Waals surface area contributed by atoms with Crippen LogP contribution < -0.4 is 0 Å². The van der Waals surface area contributed by atoms with Gasteiger partial charge in [0.2, 0.25) is 5.17 Å². The van der Waals surface area contributed by atoms with Crippen LogP contribution in [0.1, 0.15) is 32.4 Å². The summed E-state index contributed by atoms with van der Waals surface area (Å²) in [6.07, 6.45) is 3.40. The number of furan rings is 1. The lowest BCUT2D eigenvalue weighted by Crippen LogP contribution is -2.35. The van der Waals surface area contributed by atoms with E-state index in [4.69, 9.17) is 33.0 Å². The predicted molar refractivity (Wildman–Crippen MR) is 123 cm³/mol. The summed E-state index contributed by atoms with van der Waals surface area (Å²) in [6.45, 7) is 4.20. The molecule has 0 fully saturated rings. The first-order valence-corrected chi connectivity index (χ1v) is 11.0. The van der Waals surface area contributed by atoms with Crippen molar-refractivity contribution >= 4 is 63.0 Å². The Morgan fingerprint density at radius 2 is 1.97 bits per heavy atom. The van der Waals surface area contributed by atoms with E-state index in [9.17, 15) is 4.79 Å². The van der Waals surface area contributed by atoms with Crippen LogP contribution in [0.25, 0.3) is 17.4 Å². The quantitative estimate of drug-likeness (QED) is 0.529. The summed E-state index contributed by atoms with van der Waals surface area (Å²) in [5.74, 6) is 0.805. The second-order valence-electron chi connectivity index (χ2n) is 6.80. The van der Waals surface area contributed by atoms with Crippen molar-refractivity contribution in [1.82, 2.24) is 5.01 Å². The molecule has 1 aromatic heterocycles. The van der Waals surface area contributed by atoms with Crippen molar-refractivity contribution in [2.24, 2.45) is 16.0 Å². The van der Waals surface area contributed by atoms with Gasteiger partial charge in [-0.25, -0.2) is 0 Å². The van der Waals surface area contributed by atoms with Crippen molar-refractivity contribution in [3.05, 3.63) is 51.7 Å². The molecule has 0 atom stereocenters. The number of hydrogen-bond acceptors (Lipinski definition) is 5. The first-order valence-electron chi connectivity index (χ1n) is 9.46. The zero-order valence-electron chi connectivity index (χ0n) is 16.3. The molecule has 1 amide bonds. The fraction of sp³-hybridized carbons (Fsp3) is 0.238. The van der Waals surface area contributed by atoms with E-state index in [1.54, 1.807) is 30.3 Å². The fourth-order valence-corrected chi connectivity index (χ4v) is 4.64. The largest absolute Gasteiger partial charge is 0.457 e. The number of benzene rings is 1. The van der Waals surface area contributed by atoms with Crippen LogP contribution in [-0.2, 0) is 4.79 Å². The van der Waals surface area contributed by atoms with Crippen molar-refractivity contribution in [2.45, 2.75) is 26.7 Å². The number of thioether (sulfide) groups is 1. The highest BCUT2D eigenvalue weighted by atomic mass is 35.5. The number of hydrogen-bond donors (Lipinski definition) is 1. The van der Waals surface area contributed by atoms with Crippen LogP contribution >= 0.6 is 35.0 Å². The number of amides is 1. The van der Waals surface area contributed by atoms with Crippen molar-refractivity contribution in [3.8, 4) is 11.3 Å². The Kier molecular flexibility index (Phi) is 5.86. The maximum Gasteiger partial charge on any atom is 0.283 e. The number of carbonyl (C=O) groups excluding carboxylic acids is 1. The molecular formula is C21H18Cl2N4O2S. The van der Waals surface area contributed by atoms with Gasteiger partial charge in [0.1, 0.15) is 16.6 Å². The van der Waals surface area contributed by atoms with E-state index in [0.29, 0.717) is 26.7 Å². The fourth-order valence-electron chi connectivity index (χ4n) is 3.19. The van der Waals surface area contributed by atoms with E-state index in [1.807, 2.05) is 0 Å². The normalized spacial score (nSPS) is 17.6. The van der Waals surface area contributed by atoms with E-state index in [0.717, 1.165) is 23.4 Å². The Morgan fingerprint density at radius 1 is 1.20 bits per heavy atom. The van der Waals surface area contributed by atoms with Gasteiger partial charge in [-0.1, -0.05) is 37.0 Å². The number of nitrogens with one attached hydrogen (secondary N) is 1. The zero-order valence-corrected chi connectivity index (χ0v) is 18.6. The molecule has 0 radical (unpaired) electrons. The molecule has 6 nitrogen and oxygen atoms in total. The Labute approximate surface area is 188 Å². The van der Waals surface area contributed by atoms with Gasteiger partial charge in [-0.3, -0.25) is 10.2 Å². The van der Waals surface area contributed by atoms with Gasteiger partial charge in [0.25, 0.3) is 5.91 Å². The van der Waals surface area contributed by atoms with E-state index in [-0.39, 0.29) is 17.3 Å². The third kappa shape index (κ3) is 3.85. The van der Waals surface area contributed by atoms with Crippen LogP contribution in [0.3, 0.4) is 0 Å². The molecule has 154 valence electrons. The first kappa shape index (κ1) is 20.9. The summed E-state index contributed by atoms with van der Waals surface area (Å²) in [6, 6.07) is 8.69. The number of halogens is 2. The summed E-state index contributed by atoms with van der Waals surface area (Å²) in [5, 5.41) is 16.6. The topological polar surface area (TPSA) is 82.0 Å². The predicted octanol–water partition coefficient (Wildman–Crippen LogP) is 6.31. The molecule has 0 unspecified atom stereocenters. The summed E-state index contributed by atoms with van der Waals surface area (Å²) in [7, 11) is 0. The van der Waals surface area contributed by atoms with Crippen molar-refractivity contribution < 1.29 is 9.21 Å². The highest BCUT2D eigenvalue weighted by Crippen LogP contribution is 2.34. The van der Waals surface area contributed by atoms with E-state index in [2.05, 4.69) is 23.9 Å². The lowest BCUT2D eigenvalue weighted by molar-refractivity contribution is -0.114. The van der Waals surface area contributed by atoms with Crippen LogP contribution in [0.5, 0.6) is 0 Å². The van der Waals surface area contributed by atoms with Gasteiger partial charge in [0.15, 0.2) is 5.84 Å². The zero-order chi connectivity index (χ0) is 21.4. The van der Waals surface area contributed by atoms with E-state index in [1.165, 1.54) is 22.8 Å². The lowest BCUT2D eigenvalue weighted by atomic mass is 10.1. The van der Waals surface area contributed by atoms with Crippen LogP contribution in [0.2, 0.25) is 10.0 Å². The van der Waals surface area contributed by atoms with Gasteiger partial charge in [-0.15, -0.1) is 0 Å². The molecule has 3 heterocycles. The Balaban J connectivity index is 1.62. The molecule has 1 N–H and O–H groups in total. The second-order valence-corrected chi connectivity index (χ2v) is 8.60. The summed E-state index contributed by atoms with van der Waals surface area (Å²) in [5.41, 5.74) is 0.888. The third-order valence-corrected chi connectivity index (χ3v) is 6.73. The minimum absolute atomic E-state index is 0.00839. The van der Waals surface area contributed by atoms with Crippen molar-refractivity contribution in [2.75, 3.05) is 0 Å². The monoisotopic (exact) mass is 460 g/mol. The average Bonchev–Trinajstić information content (AvgIpc) is 3.36. The smallest absolute Gasteiger partial charge is 0.283 e. The Bertz CT molecular complexity index is 1130. The van der Waals surface area contributed by atoms with Crippen molar-refractivity contribution in [3.63, 3.8) is 0 Å². The third-order valence-electron chi connectivity index (χ3n) is 4.92. The number of rotatable bonds is 5. The molecule has 0 bridgehead atoms. The molecule has 0 aliphatic carbocycles. The number of carbonyl (C=O) groups is 1. The molecule has 9 heteroatoms. The molecule has 2 aromatic rings. The highest BCUT2D eigenvalue weighted by Gasteiger charge is 2.37. The van der Waals surface area contributed by atoms with Crippen molar-refractivity contribution in [1.29, 1.82) is 5.41 Å². The minimum Gasteiger partial charge on any atom is -0.457 e. The molecule has 30 heavy (non-hydrogen) atoms. The average molecular weight is 461 g/mol. The second kappa shape index (κ2) is 8.41. The molecule has 4 rings (SSSR count). The number of amidine groups is 2. The SMILES string of the molecule is CCC(CC)C1=NN2C(=N)C(=Cc3ccc(-c4ccc(Cl)c(Cl)c4)o3)C(=O)N=C2S1. The van der Waals surface area contributed by atoms with E-state index < -0.39 is 5.91 Å². The summed E-state index contributed by atoms with van der Waals surface area (Å²) < 4.78 is 5.83. The number of fused-ring (bicyclic) bond motifs is 1. The highest BCUT2D eigenvalue weighted by molar-refractivity contribution is 8.27. The van der Waals surface area contributed by atoms with Crippen LogP contribution in [-0.4, -0.2) is 27.0 Å². The Hall–Kier alpha value is -2.35. The molecule has 0 spiro atoms. The molecule has 2 aliphatic heterocycles. The van der Waals surface area contributed by atoms with Crippen LogP contribution in [0.4, 0.5) is 0 Å².